The summed E-state index contributed by atoms with van der Waals surface area (Å²) in [5.74, 6) is -0.338. The van der Waals surface area contributed by atoms with Crippen LogP contribution in [-0.4, -0.2) is 10.9 Å². The van der Waals surface area contributed by atoms with Gasteiger partial charge < -0.3 is 5.21 Å². The Morgan fingerprint density at radius 3 is 3.00 bits per heavy atom. The van der Waals surface area contributed by atoms with Crippen LogP contribution >= 0.6 is 11.3 Å². The first-order chi connectivity index (χ1) is 11.7. The molecule has 4 rings (SSSR count). The number of pyridine rings is 1. The summed E-state index contributed by atoms with van der Waals surface area (Å²) in [5.41, 5.74) is 5.07. The van der Waals surface area contributed by atoms with Crippen LogP contribution in [0.4, 0.5) is 5.13 Å². The molecule has 0 radical (unpaired) electrons. The number of aryl methyl sites for hydroxylation is 2. The minimum Gasteiger partial charge on any atom is -0.619 e. The Morgan fingerprint density at radius 1 is 1.25 bits per heavy atom. The quantitative estimate of drug-likeness (QED) is 0.589. The zero-order valence-corrected chi connectivity index (χ0v) is 13.7. The summed E-state index contributed by atoms with van der Waals surface area (Å²) < 4.78 is 0.604. The van der Waals surface area contributed by atoms with Crippen LogP contribution in [0.25, 0.3) is 11.3 Å². The number of hydrogen-bond donors (Lipinski definition) is 1. The number of rotatable bonds is 3. The van der Waals surface area contributed by atoms with Crippen molar-refractivity contribution in [3.8, 4) is 11.3 Å². The number of benzene rings is 1. The summed E-state index contributed by atoms with van der Waals surface area (Å²) in [6, 6.07) is 9.59. The van der Waals surface area contributed by atoms with E-state index >= 15 is 0 Å². The molecule has 6 heteroatoms. The van der Waals surface area contributed by atoms with E-state index in [1.54, 1.807) is 12.1 Å². The van der Waals surface area contributed by atoms with Gasteiger partial charge in [0.05, 0.1) is 5.69 Å². The highest BCUT2D eigenvalue weighted by molar-refractivity contribution is 7.14. The molecule has 120 valence electrons. The molecule has 1 aliphatic carbocycles. The molecule has 0 unspecified atom stereocenters. The SMILES string of the molecule is O=C(Nc1nc(-c2ccc3c(c2)CCC3)cs1)c1ccc[n+]([O-])c1. The van der Waals surface area contributed by atoms with Crippen molar-refractivity contribution in [2.45, 2.75) is 19.3 Å². The van der Waals surface area contributed by atoms with Gasteiger partial charge in [0.15, 0.2) is 17.5 Å². The van der Waals surface area contributed by atoms with Crippen molar-refractivity contribution in [3.05, 3.63) is 70.0 Å². The Morgan fingerprint density at radius 2 is 2.12 bits per heavy atom. The van der Waals surface area contributed by atoms with Crippen LogP contribution in [0.1, 0.15) is 27.9 Å². The largest absolute Gasteiger partial charge is 0.619 e. The molecule has 1 aromatic carbocycles. The number of carbonyl (C=O) groups excluding carboxylic acids is 1. The summed E-state index contributed by atoms with van der Waals surface area (Å²) in [6.07, 6.45) is 6.08. The minimum atomic E-state index is -0.338. The van der Waals surface area contributed by atoms with Gasteiger partial charge in [-0.3, -0.25) is 10.1 Å². The average molecular weight is 337 g/mol. The molecule has 0 spiro atoms. The zero-order valence-electron chi connectivity index (χ0n) is 12.9. The Labute approximate surface area is 143 Å². The molecule has 0 aliphatic heterocycles. The molecule has 24 heavy (non-hydrogen) atoms. The standard InChI is InChI=1S/C18H15N3O2S/c22-17(15-5-2-8-21(23)10-15)20-18-19-16(11-24-18)14-7-6-12-3-1-4-13(12)9-14/h2,5-11H,1,3-4H2,(H,19,20,22). The summed E-state index contributed by atoms with van der Waals surface area (Å²) in [6.45, 7) is 0. The van der Waals surface area contributed by atoms with Gasteiger partial charge in [0.2, 0.25) is 0 Å². The van der Waals surface area contributed by atoms with Crippen molar-refractivity contribution in [3.63, 3.8) is 0 Å². The van der Waals surface area contributed by atoms with E-state index < -0.39 is 0 Å². The van der Waals surface area contributed by atoms with Gasteiger partial charge in [0, 0.05) is 17.0 Å². The number of anilines is 1. The lowest BCUT2D eigenvalue weighted by atomic mass is 10.1. The fourth-order valence-electron chi connectivity index (χ4n) is 2.95. The van der Waals surface area contributed by atoms with E-state index in [-0.39, 0.29) is 5.91 Å². The Kier molecular flexibility index (Phi) is 3.74. The van der Waals surface area contributed by atoms with Crippen molar-refractivity contribution in [1.82, 2.24) is 4.98 Å². The van der Waals surface area contributed by atoms with E-state index in [1.807, 2.05) is 5.38 Å². The van der Waals surface area contributed by atoms with Gasteiger partial charge in [0.1, 0.15) is 5.56 Å². The molecule has 1 amide bonds. The van der Waals surface area contributed by atoms with Crippen LogP contribution in [0.2, 0.25) is 0 Å². The molecule has 1 N–H and O–H groups in total. The second-order valence-corrected chi connectivity index (χ2v) is 6.64. The van der Waals surface area contributed by atoms with Gasteiger partial charge in [-0.15, -0.1) is 11.3 Å². The topological polar surface area (TPSA) is 68.9 Å². The smallest absolute Gasteiger partial charge is 0.263 e. The highest BCUT2D eigenvalue weighted by Crippen LogP contribution is 2.30. The molecule has 2 heterocycles. The normalized spacial score (nSPS) is 12.8. The molecule has 0 saturated carbocycles. The number of aromatic nitrogens is 2. The minimum absolute atomic E-state index is 0.307. The summed E-state index contributed by atoms with van der Waals surface area (Å²) >= 11 is 1.38. The first kappa shape index (κ1) is 14.8. The van der Waals surface area contributed by atoms with Crippen LogP contribution in [-0.2, 0) is 12.8 Å². The Balaban J connectivity index is 1.53. The van der Waals surface area contributed by atoms with E-state index in [9.17, 15) is 10.0 Å². The molecular weight excluding hydrogens is 322 g/mol. The Bertz CT molecular complexity index is 920. The zero-order chi connectivity index (χ0) is 16.5. The van der Waals surface area contributed by atoms with Crippen LogP contribution in [0.15, 0.2) is 48.1 Å². The maximum Gasteiger partial charge on any atom is 0.263 e. The van der Waals surface area contributed by atoms with Crippen LogP contribution in [0, 0.1) is 5.21 Å². The molecule has 0 bridgehead atoms. The van der Waals surface area contributed by atoms with Crippen molar-refractivity contribution in [2.24, 2.45) is 0 Å². The predicted octanol–water partition coefficient (Wildman–Crippen LogP) is 3.18. The van der Waals surface area contributed by atoms with Crippen molar-refractivity contribution in [1.29, 1.82) is 0 Å². The first-order valence-corrected chi connectivity index (χ1v) is 8.65. The van der Waals surface area contributed by atoms with E-state index in [2.05, 4.69) is 28.5 Å². The molecular formula is C18H15N3O2S. The van der Waals surface area contributed by atoms with Gasteiger partial charge in [-0.2, -0.15) is 4.73 Å². The van der Waals surface area contributed by atoms with E-state index in [0.29, 0.717) is 15.4 Å². The van der Waals surface area contributed by atoms with Crippen molar-refractivity contribution in [2.75, 3.05) is 5.32 Å². The number of amides is 1. The molecule has 3 aromatic rings. The first-order valence-electron chi connectivity index (χ1n) is 7.77. The number of hydrogen-bond acceptors (Lipinski definition) is 4. The van der Waals surface area contributed by atoms with Gasteiger partial charge in [0.25, 0.3) is 5.91 Å². The molecule has 1 aliphatic rings. The maximum absolute atomic E-state index is 12.2. The fraction of sp³-hybridized carbons (Fsp3) is 0.167. The third kappa shape index (κ3) is 2.88. The highest BCUT2D eigenvalue weighted by Gasteiger charge is 2.14. The van der Waals surface area contributed by atoms with Crippen LogP contribution in [0.5, 0.6) is 0 Å². The number of carbonyl (C=O) groups is 1. The van der Waals surface area contributed by atoms with Crippen LogP contribution < -0.4 is 10.0 Å². The number of nitrogens with one attached hydrogen (secondary N) is 1. The van der Waals surface area contributed by atoms with Gasteiger partial charge >= 0.3 is 0 Å². The lowest BCUT2D eigenvalue weighted by molar-refractivity contribution is -0.605. The second kappa shape index (κ2) is 6.05. The lowest BCUT2D eigenvalue weighted by Crippen LogP contribution is -2.27. The van der Waals surface area contributed by atoms with Crippen molar-refractivity contribution < 1.29 is 9.52 Å². The number of thiazole rings is 1. The number of nitrogens with zero attached hydrogens (tertiary/aromatic N) is 2. The Hall–Kier alpha value is -2.73. The van der Waals surface area contributed by atoms with Crippen molar-refractivity contribution >= 4 is 22.4 Å². The second-order valence-electron chi connectivity index (χ2n) is 5.78. The predicted molar refractivity (Wildman–Crippen MR) is 92.9 cm³/mol. The van der Waals surface area contributed by atoms with E-state index in [0.717, 1.165) is 24.1 Å². The highest BCUT2D eigenvalue weighted by atomic mass is 32.1. The molecule has 0 atom stereocenters. The van der Waals surface area contributed by atoms with Gasteiger partial charge in [-0.1, -0.05) is 12.1 Å². The van der Waals surface area contributed by atoms with Gasteiger partial charge in [-0.05, 0) is 42.5 Å². The lowest BCUT2D eigenvalue weighted by Gasteiger charge is -2.03. The third-order valence-corrected chi connectivity index (χ3v) is 4.91. The summed E-state index contributed by atoms with van der Waals surface area (Å²) in [4.78, 5) is 16.7. The maximum atomic E-state index is 12.2. The fourth-order valence-corrected chi connectivity index (χ4v) is 3.67. The average Bonchev–Trinajstić information content (AvgIpc) is 3.23. The molecule has 0 saturated heterocycles. The molecule has 0 fully saturated rings. The van der Waals surface area contributed by atoms with E-state index in [4.69, 9.17) is 0 Å². The van der Waals surface area contributed by atoms with Gasteiger partial charge in [-0.25, -0.2) is 4.98 Å². The third-order valence-electron chi connectivity index (χ3n) is 4.16. The molecule has 5 nitrogen and oxygen atoms in total. The van der Waals surface area contributed by atoms with Crippen LogP contribution in [0.3, 0.4) is 0 Å². The summed E-state index contributed by atoms with van der Waals surface area (Å²) in [5, 5.41) is 16.5. The monoisotopic (exact) mass is 337 g/mol. The van der Waals surface area contributed by atoms with E-state index in [1.165, 1.54) is 41.3 Å². The number of fused-ring (bicyclic) bond motifs is 1. The molecule has 2 aromatic heterocycles. The summed E-state index contributed by atoms with van der Waals surface area (Å²) in [7, 11) is 0.